The van der Waals surface area contributed by atoms with Gasteiger partial charge >= 0.3 is 0 Å². The molecule has 6 heteroatoms. The summed E-state index contributed by atoms with van der Waals surface area (Å²) in [5, 5.41) is 7.56. The van der Waals surface area contributed by atoms with E-state index in [4.69, 9.17) is 16.3 Å². The van der Waals surface area contributed by atoms with Gasteiger partial charge in [0.05, 0.1) is 5.02 Å². The number of nitrogens with zero attached hydrogens (tertiary/aromatic N) is 3. The SMILES string of the molecule is COCCCC(=O)N=Nc1ncccc1Cl. The molecule has 0 N–H and O–H groups in total. The van der Waals surface area contributed by atoms with Crippen molar-refractivity contribution in [2.75, 3.05) is 13.7 Å². The van der Waals surface area contributed by atoms with Crippen LogP contribution in [0.4, 0.5) is 5.82 Å². The summed E-state index contributed by atoms with van der Waals surface area (Å²) in [6, 6.07) is 3.32. The number of ether oxygens (including phenoxy) is 1. The Labute approximate surface area is 98.5 Å². The van der Waals surface area contributed by atoms with Crippen molar-refractivity contribution in [2.45, 2.75) is 12.8 Å². The molecule has 86 valence electrons. The van der Waals surface area contributed by atoms with Gasteiger partial charge in [-0.25, -0.2) is 4.98 Å². The molecule has 16 heavy (non-hydrogen) atoms. The van der Waals surface area contributed by atoms with Crippen LogP contribution in [0.1, 0.15) is 12.8 Å². The standard InChI is InChI=1S/C10H12ClN3O2/c1-16-7-3-5-9(15)13-14-10-8(11)4-2-6-12-10/h2,4,6H,3,5,7H2,1H3. The molecule has 0 radical (unpaired) electrons. The number of amides is 1. The van der Waals surface area contributed by atoms with Crippen LogP contribution in [0.2, 0.25) is 5.02 Å². The summed E-state index contributed by atoms with van der Waals surface area (Å²) in [7, 11) is 1.58. The van der Waals surface area contributed by atoms with Crippen molar-refractivity contribution in [3.63, 3.8) is 0 Å². The largest absolute Gasteiger partial charge is 0.385 e. The van der Waals surface area contributed by atoms with Gasteiger partial charge in [-0.05, 0) is 18.6 Å². The first kappa shape index (κ1) is 12.7. The molecular weight excluding hydrogens is 230 g/mol. The smallest absolute Gasteiger partial charge is 0.264 e. The Balaban J connectivity index is 2.47. The highest BCUT2D eigenvalue weighted by atomic mass is 35.5. The summed E-state index contributed by atoms with van der Waals surface area (Å²) in [6.07, 6.45) is 2.47. The van der Waals surface area contributed by atoms with E-state index in [1.54, 1.807) is 19.2 Å². The molecule has 5 nitrogen and oxygen atoms in total. The number of pyridine rings is 1. The molecular formula is C10H12ClN3O2. The summed E-state index contributed by atoms with van der Waals surface area (Å²) in [5.41, 5.74) is 0. The lowest BCUT2D eigenvalue weighted by Crippen LogP contribution is -1.96. The predicted octanol–water partition coefficient (Wildman–Crippen LogP) is 2.77. The van der Waals surface area contributed by atoms with Crippen molar-refractivity contribution in [1.82, 2.24) is 4.98 Å². The summed E-state index contributed by atoms with van der Waals surface area (Å²) < 4.78 is 4.82. The first-order valence-corrected chi connectivity index (χ1v) is 5.16. The molecule has 0 unspecified atom stereocenters. The van der Waals surface area contributed by atoms with E-state index >= 15 is 0 Å². The second-order valence-corrected chi connectivity index (χ2v) is 3.41. The fraction of sp³-hybridized carbons (Fsp3) is 0.400. The van der Waals surface area contributed by atoms with Crippen LogP contribution < -0.4 is 0 Å². The van der Waals surface area contributed by atoms with Crippen LogP contribution in [-0.2, 0) is 9.53 Å². The zero-order chi connectivity index (χ0) is 11.8. The van der Waals surface area contributed by atoms with Crippen LogP contribution in [0, 0.1) is 0 Å². The van der Waals surface area contributed by atoms with E-state index in [-0.39, 0.29) is 11.7 Å². The van der Waals surface area contributed by atoms with Gasteiger partial charge in [0.2, 0.25) is 0 Å². The lowest BCUT2D eigenvalue weighted by atomic mass is 10.3. The lowest BCUT2D eigenvalue weighted by Gasteiger charge is -1.95. The van der Waals surface area contributed by atoms with Crippen LogP contribution in [0.25, 0.3) is 0 Å². The van der Waals surface area contributed by atoms with E-state index in [0.29, 0.717) is 24.5 Å². The van der Waals surface area contributed by atoms with Gasteiger partial charge in [-0.2, -0.15) is 0 Å². The molecule has 1 aromatic heterocycles. The van der Waals surface area contributed by atoms with E-state index in [9.17, 15) is 4.79 Å². The van der Waals surface area contributed by atoms with Gasteiger partial charge in [0.15, 0.2) is 5.82 Å². The number of aromatic nitrogens is 1. The lowest BCUT2D eigenvalue weighted by molar-refractivity contribution is -0.118. The molecule has 0 atom stereocenters. The highest BCUT2D eigenvalue weighted by Crippen LogP contribution is 2.20. The van der Waals surface area contributed by atoms with Crippen molar-refractivity contribution < 1.29 is 9.53 Å². The molecule has 0 spiro atoms. The second kappa shape index (κ2) is 7.03. The van der Waals surface area contributed by atoms with E-state index in [1.165, 1.54) is 6.20 Å². The number of halogens is 1. The zero-order valence-electron chi connectivity index (χ0n) is 8.89. The van der Waals surface area contributed by atoms with E-state index in [0.717, 1.165) is 0 Å². The molecule has 0 bridgehead atoms. The number of carbonyl (C=O) groups excluding carboxylic acids is 1. The van der Waals surface area contributed by atoms with Gasteiger partial charge in [-0.3, -0.25) is 4.79 Å². The molecule has 0 saturated carbocycles. The number of hydrogen-bond acceptors (Lipinski definition) is 4. The average Bonchev–Trinajstić information content (AvgIpc) is 2.28. The van der Waals surface area contributed by atoms with Crippen LogP contribution in [-0.4, -0.2) is 24.6 Å². The fourth-order valence-electron chi connectivity index (χ4n) is 0.972. The van der Waals surface area contributed by atoms with Crippen molar-refractivity contribution in [1.29, 1.82) is 0 Å². The molecule has 1 heterocycles. The highest BCUT2D eigenvalue weighted by molar-refractivity contribution is 6.32. The summed E-state index contributed by atoms with van der Waals surface area (Å²) in [4.78, 5) is 15.1. The minimum absolute atomic E-state index is 0.254. The first-order chi connectivity index (χ1) is 7.74. The molecule has 0 aromatic carbocycles. The number of carbonyl (C=O) groups is 1. The molecule has 1 rings (SSSR count). The van der Waals surface area contributed by atoms with Crippen LogP contribution in [0.15, 0.2) is 28.6 Å². The van der Waals surface area contributed by atoms with Gasteiger partial charge in [-0.1, -0.05) is 11.6 Å². The maximum Gasteiger partial charge on any atom is 0.264 e. The van der Waals surface area contributed by atoms with E-state index in [1.807, 2.05) is 0 Å². The monoisotopic (exact) mass is 241 g/mol. The van der Waals surface area contributed by atoms with Gasteiger partial charge in [-0.15, -0.1) is 10.2 Å². The Kier molecular flexibility index (Phi) is 5.60. The molecule has 0 aliphatic rings. The average molecular weight is 242 g/mol. The number of methoxy groups -OCH3 is 1. The zero-order valence-corrected chi connectivity index (χ0v) is 9.65. The molecule has 0 aliphatic carbocycles. The van der Waals surface area contributed by atoms with Gasteiger partial charge < -0.3 is 4.74 Å². The van der Waals surface area contributed by atoms with Crippen molar-refractivity contribution >= 4 is 23.3 Å². The fourth-order valence-corrected chi connectivity index (χ4v) is 1.13. The van der Waals surface area contributed by atoms with Crippen molar-refractivity contribution in [2.24, 2.45) is 10.2 Å². The Hall–Kier alpha value is -1.33. The van der Waals surface area contributed by atoms with Gasteiger partial charge in [0, 0.05) is 26.3 Å². The second-order valence-electron chi connectivity index (χ2n) is 3.00. The Morgan fingerprint density at radius 1 is 1.62 bits per heavy atom. The molecule has 0 saturated heterocycles. The number of hydrogen-bond donors (Lipinski definition) is 0. The number of azo groups is 1. The third kappa shape index (κ3) is 4.46. The van der Waals surface area contributed by atoms with E-state index < -0.39 is 0 Å². The first-order valence-electron chi connectivity index (χ1n) is 4.78. The maximum absolute atomic E-state index is 11.2. The van der Waals surface area contributed by atoms with E-state index in [2.05, 4.69) is 15.2 Å². The van der Waals surface area contributed by atoms with Gasteiger partial charge in [0.1, 0.15) is 0 Å². The molecule has 0 aliphatic heterocycles. The quantitative estimate of drug-likeness (QED) is 0.588. The van der Waals surface area contributed by atoms with Crippen molar-refractivity contribution in [3.05, 3.63) is 23.4 Å². The predicted molar refractivity (Wildman–Crippen MR) is 59.9 cm³/mol. The summed E-state index contributed by atoms with van der Waals surface area (Å²) in [6.45, 7) is 0.533. The number of rotatable bonds is 5. The van der Waals surface area contributed by atoms with Crippen LogP contribution >= 0.6 is 11.6 Å². The summed E-state index contributed by atoms with van der Waals surface area (Å²) >= 11 is 5.79. The topological polar surface area (TPSA) is 63.9 Å². The third-order valence-corrected chi connectivity index (χ3v) is 2.03. The maximum atomic E-state index is 11.2. The van der Waals surface area contributed by atoms with Crippen LogP contribution in [0.5, 0.6) is 0 Å². The normalized spacial score (nSPS) is 10.9. The minimum atomic E-state index is -0.307. The van der Waals surface area contributed by atoms with Crippen LogP contribution in [0.3, 0.4) is 0 Å². The summed E-state index contributed by atoms with van der Waals surface area (Å²) in [5.74, 6) is -0.0528. The Bertz CT molecular complexity index is 382. The van der Waals surface area contributed by atoms with Crippen molar-refractivity contribution in [3.8, 4) is 0 Å². The van der Waals surface area contributed by atoms with Gasteiger partial charge in [0.25, 0.3) is 5.91 Å². The molecule has 0 fully saturated rings. The Morgan fingerprint density at radius 3 is 3.12 bits per heavy atom. The highest BCUT2D eigenvalue weighted by Gasteiger charge is 2.01. The Morgan fingerprint density at radius 2 is 2.44 bits per heavy atom. The third-order valence-electron chi connectivity index (χ3n) is 1.73. The minimum Gasteiger partial charge on any atom is -0.385 e. The molecule has 1 aromatic rings. The molecule has 1 amide bonds.